The second kappa shape index (κ2) is 11.4. The van der Waals surface area contributed by atoms with Crippen molar-refractivity contribution in [3.8, 4) is 5.75 Å². The summed E-state index contributed by atoms with van der Waals surface area (Å²) in [5.74, 6) is 1.48. The summed E-state index contributed by atoms with van der Waals surface area (Å²) in [6, 6.07) is 19.8. The summed E-state index contributed by atoms with van der Waals surface area (Å²) in [4.78, 5) is 23.5. The van der Waals surface area contributed by atoms with Gasteiger partial charge >= 0.3 is 0 Å². The molecule has 0 amide bonds. The van der Waals surface area contributed by atoms with Gasteiger partial charge in [0.1, 0.15) is 11.8 Å². The van der Waals surface area contributed by atoms with Crippen molar-refractivity contribution in [2.45, 2.75) is 57.8 Å². The van der Waals surface area contributed by atoms with Crippen LogP contribution in [0.5, 0.6) is 5.75 Å². The molecule has 9 heteroatoms. The Labute approximate surface area is 232 Å². The topological polar surface area (TPSA) is 102 Å². The van der Waals surface area contributed by atoms with Crippen LogP contribution in [0.2, 0.25) is 0 Å². The lowest BCUT2D eigenvalue weighted by atomic mass is 10.0. The quantitative estimate of drug-likeness (QED) is 0.279. The number of pyridine rings is 2. The Hall–Kier alpha value is -4.37. The van der Waals surface area contributed by atoms with E-state index in [2.05, 4.69) is 61.6 Å². The van der Waals surface area contributed by atoms with E-state index in [4.69, 9.17) is 4.74 Å². The lowest BCUT2D eigenvalue weighted by Gasteiger charge is -2.32. The molecule has 3 aromatic heterocycles. The number of nitrogens with zero attached hydrogens (tertiary/aromatic N) is 6. The number of fused-ring (bicyclic) bond motifs is 1. The number of hydrogen-bond acceptors (Lipinski definition) is 7. The predicted octanol–water partition coefficient (Wildman–Crippen LogP) is 5.13. The van der Waals surface area contributed by atoms with Gasteiger partial charge in [0.15, 0.2) is 5.82 Å². The van der Waals surface area contributed by atoms with Gasteiger partial charge in [0.2, 0.25) is 0 Å². The molecule has 0 radical (unpaired) electrons. The Morgan fingerprint density at radius 3 is 2.60 bits per heavy atom. The average molecular weight is 536 g/mol. The Balaban J connectivity index is 1.52. The molecule has 1 fully saturated rings. The molecule has 5 aromatic rings. The molecule has 2 aromatic carbocycles. The largest absolute Gasteiger partial charge is 0.497 e. The summed E-state index contributed by atoms with van der Waals surface area (Å²) in [5.41, 5.74) is 4.53. The van der Waals surface area contributed by atoms with E-state index in [1.54, 1.807) is 13.3 Å². The van der Waals surface area contributed by atoms with Crippen molar-refractivity contribution in [3.63, 3.8) is 0 Å². The van der Waals surface area contributed by atoms with Gasteiger partial charge in [0.25, 0.3) is 5.56 Å². The van der Waals surface area contributed by atoms with E-state index in [9.17, 15) is 4.79 Å². The highest BCUT2D eigenvalue weighted by atomic mass is 16.5. The van der Waals surface area contributed by atoms with Crippen LogP contribution in [0.25, 0.3) is 10.9 Å². The SMILES string of the molecule is COc1ccc(CN(Cc2cccnc2)[C@@H](c2cc3cc(C)ccc3[nH]c2=O)c2nnnn2C2CCCC2)cc1. The van der Waals surface area contributed by atoms with Crippen LogP contribution < -0.4 is 10.3 Å². The number of aromatic amines is 1. The molecule has 6 rings (SSSR count). The van der Waals surface area contributed by atoms with Crippen LogP contribution in [0.15, 0.2) is 77.9 Å². The third kappa shape index (κ3) is 5.37. The number of tetrazole rings is 1. The minimum atomic E-state index is -0.494. The second-order valence-corrected chi connectivity index (χ2v) is 10.6. The molecule has 9 nitrogen and oxygen atoms in total. The predicted molar refractivity (Wildman–Crippen MR) is 153 cm³/mol. The number of methoxy groups -OCH3 is 1. The summed E-state index contributed by atoms with van der Waals surface area (Å²) in [6.45, 7) is 3.17. The van der Waals surface area contributed by atoms with Gasteiger partial charge in [-0.2, -0.15) is 0 Å². The number of hydrogen-bond donors (Lipinski definition) is 1. The zero-order valence-corrected chi connectivity index (χ0v) is 22.8. The van der Waals surface area contributed by atoms with Crippen LogP contribution >= 0.6 is 0 Å². The van der Waals surface area contributed by atoms with Crippen LogP contribution in [0.1, 0.15) is 65.8 Å². The Morgan fingerprint density at radius 1 is 1.05 bits per heavy atom. The molecule has 3 heterocycles. The number of ether oxygens (including phenoxy) is 1. The van der Waals surface area contributed by atoms with Gasteiger partial charge in [-0.15, -0.1) is 5.10 Å². The first-order valence-corrected chi connectivity index (χ1v) is 13.8. The number of nitrogens with one attached hydrogen (secondary N) is 1. The summed E-state index contributed by atoms with van der Waals surface area (Å²) < 4.78 is 7.35. The van der Waals surface area contributed by atoms with Crippen LogP contribution in [-0.4, -0.2) is 42.2 Å². The zero-order valence-electron chi connectivity index (χ0n) is 22.8. The molecule has 1 N–H and O–H groups in total. The molecule has 0 aliphatic heterocycles. The fourth-order valence-corrected chi connectivity index (χ4v) is 5.76. The van der Waals surface area contributed by atoms with E-state index in [-0.39, 0.29) is 11.6 Å². The Bertz CT molecular complexity index is 1640. The number of aryl methyl sites for hydroxylation is 1. The minimum Gasteiger partial charge on any atom is -0.497 e. The van der Waals surface area contributed by atoms with E-state index in [1.165, 1.54) is 0 Å². The Kier molecular flexibility index (Phi) is 7.37. The van der Waals surface area contributed by atoms with E-state index in [0.29, 0.717) is 24.5 Å². The fraction of sp³-hybridized carbons (Fsp3) is 0.323. The van der Waals surface area contributed by atoms with E-state index in [1.807, 2.05) is 47.3 Å². The molecule has 1 aliphatic rings. The van der Waals surface area contributed by atoms with Crippen molar-refractivity contribution in [3.05, 3.63) is 111 Å². The first-order valence-electron chi connectivity index (χ1n) is 13.8. The van der Waals surface area contributed by atoms with E-state index >= 15 is 0 Å². The average Bonchev–Trinajstić information content (AvgIpc) is 3.67. The number of H-pyrrole nitrogens is 1. The number of benzene rings is 2. The molecular formula is C31H33N7O2. The number of aromatic nitrogens is 6. The number of rotatable bonds is 9. The van der Waals surface area contributed by atoms with Crippen LogP contribution in [0, 0.1) is 6.92 Å². The molecule has 1 saturated carbocycles. The molecule has 0 unspecified atom stereocenters. The van der Waals surface area contributed by atoms with Crippen molar-refractivity contribution >= 4 is 10.9 Å². The van der Waals surface area contributed by atoms with Gasteiger partial charge < -0.3 is 9.72 Å². The summed E-state index contributed by atoms with van der Waals surface area (Å²) in [5, 5.41) is 14.1. The maximum absolute atomic E-state index is 13.8. The van der Waals surface area contributed by atoms with Crippen molar-refractivity contribution in [2.75, 3.05) is 7.11 Å². The third-order valence-electron chi connectivity index (χ3n) is 7.77. The lowest BCUT2D eigenvalue weighted by molar-refractivity contribution is 0.190. The van der Waals surface area contributed by atoms with Crippen molar-refractivity contribution in [2.24, 2.45) is 0 Å². The maximum Gasteiger partial charge on any atom is 0.253 e. The first kappa shape index (κ1) is 25.9. The van der Waals surface area contributed by atoms with Gasteiger partial charge in [-0.05, 0) is 83.1 Å². The van der Waals surface area contributed by atoms with E-state index < -0.39 is 6.04 Å². The highest BCUT2D eigenvalue weighted by Gasteiger charge is 2.33. The second-order valence-electron chi connectivity index (χ2n) is 10.6. The van der Waals surface area contributed by atoms with Gasteiger partial charge in [-0.3, -0.25) is 14.7 Å². The van der Waals surface area contributed by atoms with Crippen LogP contribution in [0.3, 0.4) is 0 Å². The molecule has 0 spiro atoms. The molecule has 0 saturated heterocycles. The van der Waals surface area contributed by atoms with Crippen LogP contribution in [0.4, 0.5) is 0 Å². The Morgan fingerprint density at radius 2 is 1.85 bits per heavy atom. The van der Waals surface area contributed by atoms with Crippen molar-refractivity contribution in [1.82, 2.24) is 35.1 Å². The normalized spacial score (nSPS) is 14.7. The summed E-state index contributed by atoms with van der Waals surface area (Å²) >= 11 is 0. The molecule has 40 heavy (non-hydrogen) atoms. The highest BCUT2D eigenvalue weighted by molar-refractivity contribution is 5.79. The van der Waals surface area contributed by atoms with Gasteiger partial charge in [-0.25, -0.2) is 4.68 Å². The summed E-state index contributed by atoms with van der Waals surface area (Å²) in [7, 11) is 1.66. The monoisotopic (exact) mass is 535 g/mol. The van der Waals surface area contributed by atoms with Gasteiger partial charge in [0, 0.05) is 36.6 Å². The van der Waals surface area contributed by atoms with Gasteiger partial charge in [0.05, 0.1) is 13.2 Å². The molecule has 204 valence electrons. The van der Waals surface area contributed by atoms with Crippen molar-refractivity contribution < 1.29 is 4.74 Å². The third-order valence-corrected chi connectivity index (χ3v) is 7.77. The molecule has 0 bridgehead atoms. The minimum absolute atomic E-state index is 0.145. The smallest absolute Gasteiger partial charge is 0.253 e. The van der Waals surface area contributed by atoms with E-state index in [0.717, 1.165) is 59.0 Å². The standard InChI is InChI=1S/C31H33N7O2/c1-21-9-14-28-24(16-21)17-27(31(39)33-28)29(30-34-35-36-38(30)25-7-3-4-8-25)37(20-23-6-5-15-32-18-23)19-22-10-12-26(40-2)13-11-22/h5-6,9-18,25,29H,3-4,7-8,19-20H2,1-2H3,(H,33,39)/t29-/m0/s1. The van der Waals surface area contributed by atoms with Crippen molar-refractivity contribution in [1.29, 1.82) is 0 Å². The molecule has 1 aliphatic carbocycles. The first-order chi connectivity index (χ1) is 19.6. The molecule has 1 atom stereocenters. The van der Waals surface area contributed by atoms with Crippen LogP contribution in [-0.2, 0) is 13.1 Å². The zero-order chi connectivity index (χ0) is 27.5. The molecular weight excluding hydrogens is 502 g/mol. The summed E-state index contributed by atoms with van der Waals surface area (Å²) in [6.07, 6.45) is 7.99. The van der Waals surface area contributed by atoms with Gasteiger partial charge in [-0.1, -0.05) is 42.7 Å². The lowest BCUT2D eigenvalue weighted by Crippen LogP contribution is -2.35. The fourth-order valence-electron chi connectivity index (χ4n) is 5.76. The maximum atomic E-state index is 13.8. The highest BCUT2D eigenvalue weighted by Crippen LogP contribution is 2.35.